The van der Waals surface area contributed by atoms with E-state index in [9.17, 15) is 0 Å². The molecule has 1 aromatic rings. The van der Waals surface area contributed by atoms with E-state index in [2.05, 4.69) is 25.1 Å². The van der Waals surface area contributed by atoms with Gasteiger partial charge in [-0.2, -0.15) is 5.10 Å². The lowest BCUT2D eigenvalue weighted by atomic mass is 10.1. The van der Waals surface area contributed by atoms with E-state index in [1.54, 1.807) is 0 Å². The predicted molar refractivity (Wildman–Crippen MR) is 64.2 cm³/mol. The van der Waals surface area contributed by atoms with Gasteiger partial charge in [0.15, 0.2) is 0 Å². The fraction of sp³-hybridized carbons (Fsp3) is 0.750. The zero-order chi connectivity index (χ0) is 11.7. The molecule has 0 aliphatic carbocycles. The van der Waals surface area contributed by atoms with Crippen molar-refractivity contribution in [1.82, 2.24) is 9.78 Å². The normalized spacial score (nSPS) is 10.0. The minimum absolute atomic E-state index is 0.556. The first-order chi connectivity index (χ1) is 7.24. The molecule has 3 nitrogen and oxygen atoms in total. The monoisotopic (exact) mass is 212 g/mol. The molecule has 0 radical (unpaired) electrons. The summed E-state index contributed by atoms with van der Waals surface area (Å²) in [4.78, 5) is 0. The Morgan fingerprint density at radius 2 is 2.07 bits per heavy atom. The van der Waals surface area contributed by atoms with Crippen molar-refractivity contribution in [2.24, 2.45) is 0 Å². The highest BCUT2D eigenvalue weighted by molar-refractivity contribution is 5.08. The minimum atomic E-state index is 0.556. The SMILES string of the molecule is CC.CCOCCn1cc(C(C)C)cn1. The summed E-state index contributed by atoms with van der Waals surface area (Å²) < 4.78 is 7.18. The maximum absolute atomic E-state index is 5.25. The first-order valence-corrected chi connectivity index (χ1v) is 5.84. The highest BCUT2D eigenvalue weighted by Gasteiger charge is 2.01. The molecular weight excluding hydrogens is 188 g/mol. The second kappa shape index (κ2) is 8.48. The first-order valence-electron chi connectivity index (χ1n) is 5.84. The number of nitrogens with zero attached hydrogens (tertiary/aromatic N) is 2. The van der Waals surface area contributed by atoms with Crippen molar-refractivity contribution in [3.63, 3.8) is 0 Å². The van der Waals surface area contributed by atoms with Crippen LogP contribution in [0.1, 0.15) is 46.1 Å². The van der Waals surface area contributed by atoms with Crippen molar-refractivity contribution in [2.75, 3.05) is 13.2 Å². The Morgan fingerprint density at radius 1 is 1.40 bits per heavy atom. The van der Waals surface area contributed by atoms with Crippen LogP contribution in [-0.2, 0) is 11.3 Å². The quantitative estimate of drug-likeness (QED) is 0.701. The molecule has 0 N–H and O–H groups in total. The molecule has 0 fully saturated rings. The van der Waals surface area contributed by atoms with Crippen LogP contribution in [0.4, 0.5) is 0 Å². The van der Waals surface area contributed by atoms with Gasteiger partial charge >= 0.3 is 0 Å². The second-order valence-electron chi connectivity index (χ2n) is 3.39. The molecule has 1 heterocycles. The van der Waals surface area contributed by atoms with E-state index in [1.807, 2.05) is 31.6 Å². The van der Waals surface area contributed by atoms with Gasteiger partial charge in [-0.3, -0.25) is 4.68 Å². The lowest BCUT2D eigenvalue weighted by Crippen LogP contribution is -2.05. The van der Waals surface area contributed by atoms with Crippen molar-refractivity contribution in [3.8, 4) is 0 Å². The zero-order valence-corrected chi connectivity index (χ0v) is 10.7. The van der Waals surface area contributed by atoms with Gasteiger partial charge in [0.25, 0.3) is 0 Å². The Hall–Kier alpha value is -0.830. The van der Waals surface area contributed by atoms with E-state index in [0.29, 0.717) is 5.92 Å². The van der Waals surface area contributed by atoms with Gasteiger partial charge in [-0.25, -0.2) is 0 Å². The average molecular weight is 212 g/mol. The summed E-state index contributed by atoms with van der Waals surface area (Å²) >= 11 is 0. The molecule has 0 atom stereocenters. The van der Waals surface area contributed by atoms with Crippen LogP contribution in [0, 0.1) is 0 Å². The zero-order valence-electron chi connectivity index (χ0n) is 10.7. The van der Waals surface area contributed by atoms with E-state index in [1.165, 1.54) is 5.56 Å². The summed E-state index contributed by atoms with van der Waals surface area (Å²) in [5.41, 5.74) is 1.29. The van der Waals surface area contributed by atoms with Crippen LogP contribution in [0.15, 0.2) is 12.4 Å². The van der Waals surface area contributed by atoms with Gasteiger partial charge in [-0.15, -0.1) is 0 Å². The van der Waals surface area contributed by atoms with Gasteiger partial charge in [0.05, 0.1) is 19.3 Å². The highest BCUT2D eigenvalue weighted by atomic mass is 16.5. The fourth-order valence-electron chi connectivity index (χ4n) is 1.10. The Balaban J connectivity index is 0.000000921. The van der Waals surface area contributed by atoms with Crippen LogP contribution in [0.25, 0.3) is 0 Å². The summed E-state index contributed by atoms with van der Waals surface area (Å²) in [6.07, 6.45) is 4.01. The molecule has 88 valence electrons. The molecule has 0 aliphatic rings. The van der Waals surface area contributed by atoms with Crippen LogP contribution < -0.4 is 0 Å². The Labute approximate surface area is 93.4 Å². The van der Waals surface area contributed by atoms with Gasteiger partial charge in [-0.1, -0.05) is 27.7 Å². The molecule has 0 saturated carbocycles. The second-order valence-corrected chi connectivity index (χ2v) is 3.39. The number of hydrogen-bond donors (Lipinski definition) is 0. The van der Waals surface area contributed by atoms with Crippen LogP contribution >= 0.6 is 0 Å². The molecule has 0 unspecified atom stereocenters. The molecule has 0 saturated heterocycles. The van der Waals surface area contributed by atoms with Gasteiger partial charge in [0, 0.05) is 12.8 Å². The third kappa shape index (κ3) is 5.57. The smallest absolute Gasteiger partial charge is 0.0662 e. The van der Waals surface area contributed by atoms with Crippen molar-refractivity contribution in [3.05, 3.63) is 18.0 Å². The molecule has 0 spiro atoms. The Kier molecular flexibility index (Phi) is 8.01. The number of hydrogen-bond acceptors (Lipinski definition) is 2. The van der Waals surface area contributed by atoms with Crippen LogP contribution in [0.3, 0.4) is 0 Å². The largest absolute Gasteiger partial charge is 0.380 e. The first kappa shape index (κ1) is 14.2. The molecule has 0 aliphatic heterocycles. The Bertz CT molecular complexity index is 244. The van der Waals surface area contributed by atoms with Gasteiger partial charge < -0.3 is 4.74 Å². The summed E-state index contributed by atoms with van der Waals surface area (Å²) in [7, 11) is 0. The van der Waals surface area contributed by atoms with Crippen molar-refractivity contribution in [1.29, 1.82) is 0 Å². The van der Waals surface area contributed by atoms with E-state index >= 15 is 0 Å². The minimum Gasteiger partial charge on any atom is -0.380 e. The van der Waals surface area contributed by atoms with Gasteiger partial charge in [0.1, 0.15) is 0 Å². The molecule has 0 bridgehead atoms. The summed E-state index contributed by atoms with van der Waals surface area (Å²) in [6, 6.07) is 0. The van der Waals surface area contributed by atoms with Gasteiger partial charge in [0.2, 0.25) is 0 Å². The summed E-state index contributed by atoms with van der Waals surface area (Å²) in [6.45, 7) is 12.7. The van der Waals surface area contributed by atoms with E-state index < -0.39 is 0 Å². The van der Waals surface area contributed by atoms with Crippen LogP contribution in [-0.4, -0.2) is 23.0 Å². The van der Waals surface area contributed by atoms with Gasteiger partial charge in [-0.05, 0) is 18.4 Å². The Morgan fingerprint density at radius 3 is 2.53 bits per heavy atom. The van der Waals surface area contributed by atoms with E-state index in [-0.39, 0.29) is 0 Å². The summed E-state index contributed by atoms with van der Waals surface area (Å²) in [5, 5.41) is 4.25. The fourth-order valence-corrected chi connectivity index (χ4v) is 1.10. The van der Waals surface area contributed by atoms with E-state index in [4.69, 9.17) is 4.74 Å². The lowest BCUT2D eigenvalue weighted by Gasteiger charge is -2.01. The predicted octanol–water partition coefficient (Wildman–Crippen LogP) is 3.07. The maximum Gasteiger partial charge on any atom is 0.0662 e. The lowest BCUT2D eigenvalue weighted by molar-refractivity contribution is 0.136. The molecule has 0 aromatic carbocycles. The number of aromatic nitrogens is 2. The number of ether oxygens (including phenoxy) is 1. The highest BCUT2D eigenvalue weighted by Crippen LogP contribution is 2.11. The number of rotatable bonds is 5. The van der Waals surface area contributed by atoms with Crippen LogP contribution in [0.5, 0.6) is 0 Å². The molecule has 1 aromatic heterocycles. The van der Waals surface area contributed by atoms with Crippen molar-refractivity contribution < 1.29 is 4.74 Å². The molecular formula is C12H24N2O. The average Bonchev–Trinajstić information content (AvgIpc) is 2.70. The maximum atomic E-state index is 5.25. The molecule has 15 heavy (non-hydrogen) atoms. The molecule has 0 amide bonds. The van der Waals surface area contributed by atoms with E-state index in [0.717, 1.165) is 19.8 Å². The van der Waals surface area contributed by atoms with Crippen molar-refractivity contribution in [2.45, 2.75) is 47.1 Å². The summed E-state index contributed by atoms with van der Waals surface area (Å²) in [5.74, 6) is 0.556. The topological polar surface area (TPSA) is 27.1 Å². The third-order valence-electron chi connectivity index (χ3n) is 1.99. The standard InChI is InChI=1S/C10H18N2O.C2H6/c1-4-13-6-5-12-8-10(7-11-12)9(2)3;1-2/h7-9H,4-6H2,1-3H3;1-2H3. The van der Waals surface area contributed by atoms with Crippen LogP contribution in [0.2, 0.25) is 0 Å². The molecule has 3 heteroatoms. The molecule has 1 rings (SSSR count). The third-order valence-corrected chi connectivity index (χ3v) is 1.99. The van der Waals surface area contributed by atoms with Crippen molar-refractivity contribution >= 4 is 0 Å².